The first-order valence-corrected chi connectivity index (χ1v) is 9.89. The molecule has 2 atom stereocenters. The number of anilines is 1. The van der Waals surface area contributed by atoms with E-state index >= 15 is 0 Å². The number of carbonyl (C=O) groups is 1. The molecule has 2 aliphatic heterocycles. The van der Waals surface area contributed by atoms with Crippen LogP contribution in [0.2, 0.25) is 0 Å². The van der Waals surface area contributed by atoms with E-state index in [0.29, 0.717) is 6.54 Å². The Hall–Kier alpha value is -1.96. The van der Waals surface area contributed by atoms with Crippen molar-refractivity contribution in [3.8, 4) is 11.3 Å². The average molecular weight is 372 g/mol. The smallest absolute Gasteiger partial charge is 0.321 e. The van der Waals surface area contributed by atoms with Crippen molar-refractivity contribution in [3.05, 3.63) is 34.7 Å². The largest absolute Gasteiger partial charge is 0.375 e. The Balaban J connectivity index is 1.49. The van der Waals surface area contributed by atoms with Gasteiger partial charge in [0.1, 0.15) is 0 Å². The van der Waals surface area contributed by atoms with E-state index in [1.807, 2.05) is 41.5 Å². The molecule has 2 fully saturated rings. The molecule has 7 heteroatoms. The number of nitrogens with one attached hydrogen (secondary N) is 1. The molecule has 1 N–H and O–H groups in total. The molecule has 3 heterocycles. The molecule has 138 valence electrons. The van der Waals surface area contributed by atoms with Gasteiger partial charge in [0, 0.05) is 30.6 Å². The molecule has 2 amide bonds. The molecule has 6 nitrogen and oxygen atoms in total. The van der Waals surface area contributed by atoms with Gasteiger partial charge in [-0.3, -0.25) is 4.90 Å². The predicted octanol–water partition coefficient (Wildman–Crippen LogP) is 3.06. The van der Waals surface area contributed by atoms with Crippen LogP contribution in [0.5, 0.6) is 0 Å². The van der Waals surface area contributed by atoms with Gasteiger partial charge in [0.25, 0.3) is 0 Å². The van der Waals surface area contributed by atoms with Crippen molar-refractivity contribution in [1.82, 2.24) is 14.8 Å². The number of benzene rings is 1. The monoisotopic (exact) mass is 372 g/mol. The van der Waals surface area contributed by atoms with Crippen LogP contribution in [-0.2, 0) is 4.74 Å². The number of aryl methyl sites for hydroxylation is 1. The summed E-state index contributed by atoms with van der Waals surface area (Å²) >= 11 is 1.61. The van der Waals surface area contributed by atoms with Crippen molar-refractivity contribution in [3.63, 3.8) is 0 Å². The second kappa shape index (κ2) is 7.34. The number of likely N-dealkylation sites (tertiary alicyclic amines) is 1. The van der Waals surface area contributed by atoms with E-state index in [2.05, 4.69) is 22.2 Å². The zero-order chi connectivity index (χ0) is 18.1. The molecule has 2 aromatic rings. The fraction of sp³-hybridized carbons (Fsp3) is 0.474. The number of aromatic nitrogens is 1. The van der Waals surface area contributed by atoms with E-state index in [1.54, 1.807) is 11.3 Å². The maximum Gasteiger partial charge on any atom is 0.321 e. The SMILES string of the molecule is Cc1nc(-c2ccccc2NC(=O)N2CC[C@@H]3OCCN(C)[C@H]3C2)cs1. The Labute approximate surface area is 157 Å². The van der Waals surface area contributed by atoms with Gasteiger partial charge in [0.2, 0.25) is 0 Å². The fourth-order valence-electron chi connectivity index (χ4n) is 3.72. The Bertz CT molecular complexity index is 793. The molecule has 0 bridgehead atoms. The third kappa shape index (κ3) is 3.47. The van der Waals surface area contributed by atoms with E-state index in [-0.39, 0.29) is 18.2 Å². The average Bonchev–Trinajstić information content (AvgIpc) is 3.08. The van der Waals surface area contributed by atoms with Crippen molar-refractivity contribution in [2.45, 2.75) is 25.5 Å². The molecule has 0 unspecified atom stereocenters. The van der Waals surface area contributed by atoms with E-state index in [4.69, 9.17) is 4.74 Å². The van der Waals surface area contributed by atoms with Crippen molar-refractivity contribution in [2.24, 2.45) is 0 Å². The molecule has 4 rings (SSSR count). The summed E-state index contributed by atoms with van der Waals surface area (Å²) in [5.41, 5.74) is 2.67. The minimum Gasteiger partial charge on any atom is -0.375 e. The minimum absolute atomic E-state index is 0.0539. The number of para-hydroxylation sites is 1. The third-order valence-corrected chi connectivity index (χ3v) is 5.99. The summed E-state index contributed by atoms with van der Waals surface area (Å²) in [6, 6.07) is 8.07. The second-order valence-corrected chi connectivity index (χ2v) is 7.98. The Morgan fingerprint density at radius 1 is 1.35 bits per heavy atom. The van der Waals surface area contributed by atoms with Crippen LogP contribution >= 0.6 is 11.3 Å². The highest BCUT2D eigenvalue weighted by Gasteiger charge is 2.37. The van der Waals surface area contributed by atoms with Gasteiger partial charge in [-0.05, 0) is 26.5 Å². The van der Waals surface area contributed by atoms with Crippen LogP contribution in [0, 0.1) is 6.92 Å². The van der Waals surface area contributed by atoms with Gasteiger partial charge in [-0.25, -0.2) is 9.78 Å². The molecule has 0 saturated carbocycles. The second-order valence-electron chi connectivity index (χ2n) is 6.92. The summed E-state index contributed by atoms with van der Waals surface area (Å²) in [7, 11) is 2.11. The van der Waals surface area contributed by atoms with Gasteiger partial charge in [0.15, 0.2) is 0 Å². The zero-order valence-corrected chi connectivity index (χ0v) is 16.0. The number of piperidine rings is 1. The van der Waals surface area contributed by atoms with Gasteiger partial charge in [-0.2, -0.15) is 0 Å². The van der Waals surface area contributed by atoms with Crippen LogP contribution in [0.4, 0.5) is 10.5 Å². The number of thiazole rings is 1. The molecular formula is C19H24N4O2S. The highest BCUT2D eigenvalue weighted by molar-refractivity contribution is 7.09. The Kier molecular flexibility index (Phi) is 4.93. The van der Waals surface area contributed by atoms with E-state index in [9.17, 15) is 4.79 Å². The number of ether oxygens (including phenoxy) is 1. The van der Waals surface area contributed by atoms with Gasteiger partial charge in [-0.15, -0.1) is 11.3 Å². The lowest BCUT2D eigenvalue weighted by atomic mass is 9.99. The molecule has 0 aliphatic carbocycles. The summed E-state index contributed by atoms with van der Waals surface area (Å²) in [5.74, 6) is 0. The number of urea groups is 1. The van der Waals surface area contributed by atoms with Crippen molar-refractivity contribution >= 4 is 23.1 Å². The number of rotatable bonds is 2. The van der Waals surface area contributed by atoms with Crippen molar-refractivity contribution < 1.29 is 9.53 Å². The standard InChI is InChI=1S/C19H24N4O2S/c1-13-20-16(12-26-13)14-5-3-4-6-15(14)21-19(24)23-8-7-18-17(11-23)22(2)9-10-25-18/h3-6,12,17-18H,7-11H2,1-2H3,(H,21,24)/t17-,18-/m0/s1. The van der Waals surface area contributed by atoms with Crippen molar-refractivity contribution in [2.75, 3.05) is 38.6 Å². The van der Waals surface area contributed by atoms with Gasteiger partial charge in [0.05, 0.1) is 35.1 Å². The lowest BCUT2D eigenvalue weighted by molar-refractivity contribution is -0.0875. The summed E-state index contributed by atoms with van der Waals surface area (Å²) < 4.78 is 5.87. The number of amides is 2. The van der Waals surface area contributed by atoms with E-state index in [1.165, 1.54) is 0 Å². The molecule has 2 aliphatic rings. The summed E-state index contributed by atoms with van der Waals surface area (Å²) in [5, 5.41) is 6.14. The molecule has 1 aromatic heterocycles. The van der Waals surface area contributed by atoms with Crippen LogP contribution in [0.15, 0.2) is 29.6 Å². The maximum absolute atomic E-state index is 12.9. The number of hydrogen-bond donors (Lipinski definition) is 1. The molecular weight excluding hydrogens is 348 g/mol. The lowest BCUT2D eigenvalue weighted by Gasteiger charge is -2.45. The summed E-state index contributed by atoms with van der Waals surface area (Å²) in [6.07, 6.45) is 1.12. The van der Waals surface area contributed by atoms with Crippen molar-refractivity contribution in [1.29, 1.82) is 0 Å². The first-order valence-electron chi connectivity index (χ1n) is 9.01. The van der Waals surface area contributed by atoms with Crippen LogP contribution in [0.1, 0.15) is 11.4 Å². The number of morpholine rings is 1. The quantitative estimate of drug-likeness (QED) is 0.880. The van der Waals surface area contributed by atoms with Gasteiger partial charge in [-0.1, -0.05) is 18.2 Å². The van der Waals surface area contributed by atoms with Crippen LogP contribution in [0.3, 0.4) is 0 Å². The predicted molar refractivity (Wildman–Crippen MR) is 104 cm³/mol. The summed E-state index contributed by atoms with van der Waals surface area (Å²) in [6.45, 7) is 5.11. The lowest BCUT2D eigenvalue weighted by Crippen LogP contribution is -2.60. The number of carbonyl (C=O) groups excluding carboxylic acids is 1. The highest BCUT2D eigenvalue weighted by Crippen LogP contribution is 2.29. The molecule has 2 saturated heterocycles. The number of fused-ring (bicyclic) bond motifs is 1. The van der Waals surface area contributed by atoms with Gasteiger partial charge >= 0.3 is 6.03 Å². The normalized spacial score (nSPS) is 23.5. The topological polar surface area (TPSA) is 57.7 Å². The molecule has 0 spiro atoms. The minimum atomic E-state index is -0.0539. The molecule has 26 heavy (non-hydrogen) atoms. The first-order chi connectivity index (χ1) is 12.6. The van der Waals surface area contributed by atoms with Crippen LogP contribution in [-0.4, -0.2) is 66.2 Å². The summed E-state index contributed by atoms with van der Waals surface area (Å²) in [4.78, 5) is 21.6. The van der Waals surface area contributed by atoms with Crippen LogP contribution in [0.25, 0.3) is 11.3 Å². The molecule has 1 aromatic carbocycles. The van der Waals surface area contributed by atoms with Crippen LogP contribution < -0.4 is 5.32 Å². The third-order valence-electron chi connectivity index (χ3n) is 5.21. The first kappa shape index (κ1) is 17.5. The number of hydrogen-bond acceptors (Lipinski definition) is 5. The van der Waals surface area contributed by atoms with E-state index < -0.39 is 0 Å². The number of likely N-dealkylation sites (N-methyl/N-ethyl adjacent to an activating group) is 1. The number of nitrogens with zero attached hydrogens (tertiary/aromatic N) is 3. The fourth-order valence-corrected chi connectivity index (χ4v) is 4.34. The molecule has 0 radical (unpaired) electrons. The maximum atomic E-state index is 12.9. The van der Waals surface area contributed by atoms with E-state index in [0.717, 1.165) is 48.1 Å². The Morgan fingerprint density at radius 3 is 3.00 bits per heavy atom. The zero-order valence-electron chi connectivity index (χ0n) is 15.1. The van der Waals surface area contributed by atoms with Gasteiger partial charge < -0.3 is 15.0 Å². The Morgan fingerprint density at radius 2 is 2.19 bits per heavy atom. The highest BCUT2D eigenvalue weighted by atomic mass is 32.1.